The number of carbonyl (C=O) groups excluding carboxylic acids is 1. The van der Waals surface area contributed by atoms with Crippen LogP contribution in [0.3, 0.4) is 0 Å². The zero-order chi connectivity index (χ0) is 17.2. The molecular weight excluding hydrogens is 303 g/mol. The van der Waals surface area contributed by atoms with Crippen molar-refractivity contribution in [3.63, 3.8) is 0 Å². The molecule has 0 saturated carbocycles. The quantitative estimate of drug-likeness (QED) is 0.740. The average Bonchev–Trinajstić information content (AvgIpc) is 2.46. The Morgan fingerprint density at radius 2 is 1.87 bits per heavy atom. The van der Waals surface area contributed by atoms with E-state index in [9.17, 15) is 18.0 Å². The summed E-state index contributed by atoms with van der Waals surface area (Å²) < 4.78 is 40.0. The van der Waals surface area contributed by atoms with Crippen LogP contribution in [0.15, 0.2) is 36.7 Å². The van der Waals surface area contributed by atoms with Gasteiger partial charge in [-0.3, -0.25) is 9.78 Å². The number of pyridine rings is 1. The fourth-order valence-corrected chi connectivity index (χ4v) is 2.37. The Bertz CT molecular complexity index is 720. The van der Waals surface area contributed by atoms with Crippen LogP contribution in [0.25, 0.3) is 0 Å². The van der Waals surface area contributed by atoms with E-state index in [1.165, 1.54) is 31.5 Å². The van der Waals surface area contributed by atoms with E-state index in [1.807, 2.05) is 13.8 Å². The smallest absolute Gasteiger partial charge is 0.294 e. The molecule has 0 fully saturated rings. The van der Waals surface area contributed by atoms with E-state index in [0.717, 1.165) is 0 Å². The Labute approximate surface area is 133 Å². The second kappa shape index (κ2) is 6.52. The lowest BCUT2D eigenvalue weighted by atomic mass is 9.93. The zero-order valence-corrected chi connectivity index (χ0v) is 13.2. The summed E-state index contributed by atoms with van der Waals surface area (Å²) >= 11 is 0. The van der Waals surface area contributed by atoms with E-state index in [1.54, 1.807) is 12.1 Å². The summed E-state index contributed by atoms with van der Waals surface area (Å²) in [5.74, 6) is -0.140. The Morgan fingerprint density at radius 3 is 2.43 bits per heavy atom. The molecule has 0 aliphatic heterocycles. The molecule has 122 valence electrons. The second-order valence-electron chi connectivity index (χ2n) is 5.88. The van der Waals surface area contributed by atoms with E-state index in [-0.39, 0.29) is 23.7 Å². The topological polar surface area (TPSA) is 30.0 Å². The molecule has 0 saturated heterocycles. The molecule has 0 aliphatic rings. The molecule has 2 nitrogen and oxygen atoms in total. The van der Waals surface area contributed by atoms with Gasteiger partial charge in [0.15, 0.2) is 5.78 Å². The van der Waals surface area contributed by atoms with Crippen LogP contribution in [0.2, 0.25) is 0 Å². The SMILES string of the molecule is CC(=O)c1cncc(Cc2ccc(C(C)C)cc2C(F)(F)F)c1. The monoisotopic (exact) mass is 321 g/mol. The summed E-state index contributed by atoms with van der Waals surface area (Å²) in [4.78, 5) is 15.3. The predicted octanol–water partition coefficient (Wildman–Crippen LogP) is 5.02. The van der Waals surface area contributed by atoms with Gasteiger partial charge >= 0.3 is 6.18 Å². The number of aromatic nitrogens is 1. The third kappa shape index (κ3) is 4.18. The fraction of sp³-hybridized carbons (Fsp3) is 0.333. The summed E-state index contributed by atoms with van der Waals surface area (Å²) in [6.07, 6.45) is -1.42. The van der Waals surface area contributed by atoms with Crippen LogP contribution in [0, 0.1) is 0 Å². The Hall–Kier alpha value is -2.17. The summed E-state index contributed by atoms with van der Waals surface area (Å²) in [7, 11) is 0. The first-order valence-corrected chi connectivity index (χ1v) is 7.33. The molecule has 0 radical (unpaired) electrons. The van der Waals surface area contributed by atoms with Crippen LogP contribution >= 0.6 is 0 Å². The number of benzene rings is 1. The molecule has 0 atom stereocenters. The van der Waals surface area contributed by atoms with Crippen LogP contribution in [0.4, 0.5) is 13.2 Å². The van der Waals surface area contributed by atoms with Gasteiger partial charge in [0.1, 0.15) is 0 Å². The third-order valence-electron chi connectivity index (χ3n) is 3.70. The van der Waals surface area contributed by atoms with Gasteiger partial charge in [-0.25, -0.2) is 0 Å². The Morgan fingerprint density at radius 1 is 1.17 bits per heavy atom. The van der Waals surface area contributed by atoms with E-state index < -0.39 is 11.7 Å². The van der Waals surface area contributed by atoms with Crippen LogP contribution in [-0.2, 0) is 12.6 Å². The van der Waals surface area contributed by atoms with E-state index in [0.29, 0.717) is 16.7 Å². The predicted molar refractivity (Wildman–Crippen MR) is 82.6 cm³/mol. The van der Waals surface area contributed by atoms with Gasteiger partial charge in [-0.05, 0) is 48.1 Å². The van der Waals surface area contributed by atoms with E-state index >= 15 is 0 Å². The number of hydrogen-bond acceptors (Lipinski definition) is 2. The van der Waals surface area contributed by atoms with Gasteiger partial charge < -0.3 is 0 Å². The molecule has 1 heterocycles. The van der Waals surface area contributed by atoms with Gasteiger partial charge in [0.25, 0.3) is 0 Å². The van der Waals surface area contributed by atoms with Crippen molar-refractivity contribution in [2.45, 2.75) is 39.3 Å². The van der Waals surface area contributed by atoms with Crippen molar-refractivity contribution >= 4 is 5.78 Å². The van der Waals surface area contributed by atoms with Crippen molar-refractivity contribution in [1.82, 2.24) is 4.98 Å². The van der Waals surface area contributed by atoms with Crippen LogP contribution < -0.4 is 0 Å². The second-order valence-corrected chi connectivity index (χ2v) is 5.88. The molecule has 23 heavy (non-hydrogen) atoms. The van der Waals surface area contributed by atoms with Gasteiger partial charge in [0.05, 0.1) is 5.56 Å². The number of carbonyl (C=O) groups is 1. The lowest BCUT2D eigenvalue weighted by molar-refractivity contribution is -0.138. The molecule has 0 bridgehead atoms. The van der Waals surface area contributed by atoms with Gasteiger partial charge in [-0.2, -0.15) is 13.2 Å². The van der Waals surface area contributed by atoms with Gasteiger partial charge in [0.2, 0.25) is 0 Å². The minimum absolute atomic E-state index is 0.0212. The number of nitrogens with zero attached hydrogens (tertiary/aromatic N) is 1. The first-order chi connectivity index (χ1) is 10.7. The van der Waals surface area contributed by atoms with Crippen molar-refractivity contribution < 1.29 is 18.0 Å². The van der Waals surface area contributed by atoms with Crippen molar-refractivity contribution in [2.24, 2.45) is 0 Å². The van der Waals surface area contributed by atoms with E-state index in [2.05, 4.69) is 4.98 Å². The van der Waals surface area contributed by atoms with Crippen LogP contribution in [-0.4, -0.2) is 10.8 Å². The average molecular weight is 321 g/mol. The summed E-state index contributed by atoms with van der Waals surface area (Å²) in [6.45, 7) is 5.12. The highest BCUT2D eigenvalue weighted by molar-refractivity contribution is 5.93. The first-order valence-electron chi connectivity index (χ1n) is 7.33. The highest BCUT2D eigenvalue weighted by Crippen LogP contribution is 2.35. The van der Waals surface area contributed by atoms with E-state index in [4.69, 9.17) is 0 Å². The normalized spacial score (nSPS) is 11.8. The van der Waals surface area contributed by atoms with Crippen molar-refractivity contribution in [3.8, 4) is 0 Å². The molecule has 2 rings (SSSR count). The molecular formula is C18H18F3NO. The molecule has 5 heteroatoms. The molecule has 0 unspecified atom stereocenters. The maximum Gasteiger partial charge on any atom is 0.416 e. The van der Waals surface area contributed by atoms with Crippen LogP contribution in [0.5, 0.6) is 0 Å². The maximum atomic E-state index is 13.3. The highest BCUT2D eigenvalue weighted by Gasteiger charge is 2.33. The van der Waals surface area contributed by atoms with Crippen molar-refractivity contribution in [3.05, 3.63) is 64.5 Å². The molecule has 0 amide bonds. The number of halogens is 3. The minimum Gasteiger partial charge on any atom is -0.294 e. The number of ketones is 1. The standard InChI is InChI=1S/C18H18F3NO/c1-11(2)14-4-5-15(17(8-14)18(19,20)21)6-13-7-16(12(3)23)10-22-9-13/h4-5,7-11H,6H2,1-3H3. The summed E-state index contributed by atoms with van der Waals surface area (Å²) in [5.41, 5.74) is 1.19. The molecule has 0 spiro atoms. The first kappa shape index (κ1) is 17.2. The molecule has 1 aromatic carbocycles. The molecule has 0 N–H and O–H groups in total. The molecule has 2 aromatic rings. The third-order valence-corrected chi connectivity index (χ3v) is 3.70. The highest BCUT2D eigenvalue weighted by atomic mass is 19.4. The maximum absolute atomic E-state index is 13.3. The number of hydrogen-bond donors (Lipinski definition) is 0. The lowest BCUT2D eigenvalue weighted by Gasteiger charge is -2.16. The fourth-order valence-electron chi connectivity index (χ4n) is 2.37. The summed E-state index contributed by atoms with van der Waals surface area (Å²) in [5, 5.41) is 0. The largest absolute Gasteiger partial charge is 0.416 e. The Kier molecular flexibility index (Phi) is 4.88. The minimum atomic E-state index is -4.41. The lowest BCUT2D eigenvalue weighted by Crippen LogP contribution is -2.11. The number of Topliss-reactive ketones (excluding diaryl/α,β-unsaturated/α-hetero) is 1. The zero-order valence-electron chi connectivity index (χ0n) is 13.2. The van der Waals surface area contributed by atoms with Crippen molar-refractivity contribution in [1.29, 1.82) is 0 Å². The summed E-state index contributed by atoms with van der Waals surface area (Å²) in [6, 6.07) is 6.03. The number of rotatable bonds is 4. The Balaban J connectivity index is 2.43. The van der Waals surface area contributed by atoms with Gasteiger partial charge in [0, 0.05) is 18.0 Å². The molecule has 0 aliphatic carbocycles. The van der Waals surface area contributed by atoms with Gasteiger partial charge in [-0.1, -0.05) is 26.0 Å². The van der Waals surface area contributed by atoms with Crippen LogP contribution in [0.1, 0.15) is 59.3 Å². The van der Waals surface area contributed by atoms with Crippen molar-refractivity contribution in [2.75, 3.05) is 0 Å². The van der Waals surface area contributed by atoms with Gasteiger partial charge in [-0.15, -0.1) is 0 Å². The number of alkyl halides is 3. The molecule has 1 aromatic heterocycles.